The quantitative estimate of drug-likeness (QED) is 0.147. The number of imidazole rings is 1. The molecule has 0 radical (unpaired) electrons. The predicted molar refractivity (Wildman–Crippen MR) is 196 cm³/mol. The average molecular weight is 598 g/mol. The van der Waals surface area contributed by atoms with E-state index in [1.807, 2.05) is 0 Å². The monoisotopic (exact) mass is 597 g/mol. The molecule has 1 aliphatic carbocycles. The highest BCUT2D eigenvalue weighted by molar-refractivity contribution is 6.23. The number of benzene rings is 7. The van der Waals surface area contributed by atoms with E-state index < -0.39 is 0 Å². The zero-order valence-electron chi connectivity index (χ0n) is 25.5. The van der Waals surface area contributed by atoms with Gasteiger partial charge in [0.2, 0.25) is 0 Å². The van der Waals surface area contributed by atoms with Gasteiger partial charge < -0.3 is 0 Å². The van der Waals surface area contributed by atoms with Gasteiger partial charge in [-0.25, -0.2) is 9.97 Å². The Morgan fingerprint density at radius 2 is 1.17 bits per heavy atom. The van der Waals surface area contributed by atoms with Crippen LogP contribution in [0.2, 0.25) is 0 Å². The Morgan fingerprint density at radius 3 is 2.06 bits per heavy atom. The van der Waals surface area contributed by atoms with Gasteiger partial charge in [-0.3, -0.25) is 4.40 Å². The summed E-state index contributed by atoms with van der Waals surface area (Å²) in [5.41, 5.74) is 10.1. The number of para-hydroxylation sites is 1. The van der Waals surface area contributed by atoms with Crippen LogP contribution in [-0.2, 0) is 6.42 Å². The average Bonchev–Trinajstić information content (AvgIpc) is 3.53. The van der Waals surface area contributed by atoms with Crippen molar-refractivity contribution in [1.82, 2.24) is 14.4 Å². The topological polar surface area (TPSA) is 30.2 Å². The molecule has 0 amide bonds. The normalized spacial score (nSPS) is 13.3. The number of pyridine rings is 2. The van der Waals surface area contributed by atoms with Crippen LogP contribution in [0.3, 0.4) is 0 Å². The highest BCUT2D eigenvalue weighted by Crippen LogP contribution is 2.39. The Hall–Kier alpha value is -6.06. The van der Waals surface area contributed by atoms with Gasteiger partial charge in [0.1, 0.15) is 5.65 Å². The number of fused-ring (bicyclic) bond motifs is 10. The Bertz CT molecular complexity index is 3020. The highest BCUT2D eigenvalue weighted by Gasteiger charge is 2.21. The van der Waals surface area contributed by atoms with Crippen molar-refractivity contribution < 1.29 is 0 Å². The minimum Gasteiger partial charge on any atom is -0.292 e. The first kappa shape index (κ1) is 25.2. The maximum Gasteiger partial charge on any atom is 0.146 e. The van der Waals surface area contributed by atoms with Gasteiger partial charge in [-0.1, -0.05) is 109 Å². The second kappa shape index (κ2) is 9.24. The molecule has 3 nitrogen and oxygen atoms in total. The van der Waals surface area contributed by atoms with Gasteiger partial charge in [0.05, 0.1) is 27.9 Å². The maximum atomic E-state index is 5.33. The maximum absolute atomic E-state index is 5.33. The second-order valence-electron chi connectivity index (χ2n) is 12.8. The van der Waals surface area contributed by atoms with Crippen LogP contribution >= 0.6 is 0 Å². The number of aromatic nitrogens is 3. The third-order valence-corrected chi connectivity index (χ3v) is 10.4. The number of nitrogens with zero attached hydrogens (tertiary/aromatic N) is 3. The largest absolute Gasteiger partial charge is 0.292 e. The highest BCUT2D eigenvalue weighted by atomic mass is 15.0. The molecular weight excluding hydrogens is 571 g/mol. The van der Waals surface area contributed by atoms with Crippen LogP contribution in [-0.4, -0.2) is 14.4 Å². The molecule has 0 N–H and O–H groups in total. The first-order valence-electron chi connectivity index (χ1n) is 16.4. The summed E-state index contributed by atoms with van der Waals surface area (Å²) in [6.07, 6.45) is 1.97. The molecule has 47 heavy (non-hydrogen) atoms. The molecule has 0 saturated carbocycles. The summed E-state index contributed by atoms with van der Waals surface area (Å²) in [6.45, 7) is 0. The Morgan fingerprint density at radius 1 is 0.468 bits per heavy atom. The van der Waals surface area contributed by atoms with Crippen molar-refractivity contribution in [2.45, 2.75) is 12.8 Å². The van der Waals surface area contributed by atoms with Crippen molar-refractivity contribution in [3.8, 4) is 11.3 Å². The Kier molecular flexibility index (Phi) is 4.95. The van der Waals surface area contributed by atoms with E-state index in [1.54, 1.807) is 0 Å². The first-order chi connectivity index (χ1) is 23.3. The lowest BCUT2D eigenvalue weighted by molar-refractivity contribution is 1.00. The summed E-state index contributed by atoms with van der Waals surface area (Å²) in [5, 5.41) is 13.1. The fourth-order valence-corrected chi connectivity index (χ4v) is 8.45. The van der Waals surface area contributed by atoms with E-state index >= 15 is 0 Å². The van der Waals surface area contributed by atoms with Gasteiger partial charge in [0, 0.05) is 16.3 Å². The van der Waals surface area contributed by atoms with Crippen LogP contribution in [0.1, 0.15) is 17.7 Å². The van der Waals surface area contributed by atoms with Gasteiger partial charge in [0.25, 0.3) is 0 Å². The number of hydrogen-bond donors (Lipinski definition) is 0. The van der Waals surface area contributed by atoms with Gasteiger partial charge in [-0.2, -0.15) is 0 Å². The molecule has 0 fully saturated rings. The van der Waals surface area contributed by atoms with E-state index in [-0.39, 0.29) is 0 Å². The van der Waals surface area contributed by atoms with Crippen molar-refractivity contribution >= 4 is 76.2 Å². The zero-order valence-corrected chi connectivity index (χ0v) is 25.5. The van der Waals surface area contributed by atoms with Crippen LogP contribution in [0.25, 0.3) is 87.5 Å². The summed E-state index contributed by atoms with van der Waals surface area (Å²) in [4.78, 5) is 10.5. The molecule has 10 aromatic rings. The molecule has 1 aliphatic rings. The minimum absolute atomic E-state index is 0.965. The first-order valence-corrected chi connectivity index (χ1v) is 16.4. The van der Waals surface area contributed by atoms with E-state index in [1.165, 1.54) is 70.3 Å². The lowest BCUT2D eigenvalue weighted by atomic mass is 9.83. The fraction of sp³-hybridized carbons (Fsp3) is 0.0455. The van der Waals surface area contributed by atoms with Crippen LogP contribution in [0.4, 0.5) is 0 Å². The van der Waals surface area contributed by atoms with Gasteiger partial charge in [-0.05, 0) is 97.2 Å². The molecule has 3 heterocycles. The SMILES string of the molecule is c1cc(C2=c3cccc4c3c(c3cccc5cccc4c53)CC2)nc(-c2ccc3c(c2)nc2c4ccccc4c4ccccc4n32)c1. The Labute approximate surface area is 270 Å². The molecular formula is C44H27N3. The molecule has 3 heteroatoms. The predicted octanol–water partition coefficient (Wildman–Crippen LogP) is 10.2. The van der Waals surface area contributed by atoms with E-state index in [2.05, 4.69) is 144 Å². The molecule has 218 valence electrons. The van der Waals surface area contributed by atoms with E-state index in [0.717, 1.165) is 46.5 Å². The number of rotatable bonds is 2. The molecule has 0 atom stereocenters. The molecule has 0 bridgehead atoms. The summed E-state index contributed by atoms with van der Waals surface area (Å²) in [7, 11) is 0. The fourth-order valence-electron chi connectivity index (χ4n) is 8.45. The molecule has 0 unspecified atom stereocenters. The van der Waals surface area contributed by atoms with Crippen molar-refractivity contribution in [1.29, 1.82) is 0 Å². The van der Waals surface area contributed by atoms with Crippen LogP contribution in [0.5, 0.6) is 0 Å². The van der Waals surface area contributed by atoms with Crippen molar-refractivity contribution in [3.05, 3.63) is 156 Å². The van der Waals surface area contributed by atoms with Crippen molar-refractivity contribution in [2.75, 3.05) is 0 Å². The summed E-state index contributed by atoms with van der Waals surface area (Å²) < 4.78 is 2.31. The van der Waals surface area contributed by atoms with Crippen LogP contribution in [0.15, 0.2) is 140 Å². The van der Waals surface area contributed by atoms with E-state index in [0.29, 0.717) is 0 Å². The van der Waals surface area contributed by atoms with Crippen molar-refractivity contribution in [3.63, 3.8) is 0 Å². The van der Waals surface area contributed by atoms with Gasteiger partial charge >= 0.3 is 0 Å². The lowest BCUT2D eigenvalue weighted by Crippen LogP contribution is -2.17. The summed E-state index contributed by atoms with van der Waals surface area (Å²) in [6, 6.07) is 50.6. The molecule has 0 aliphatic heterocycles. The Balaban J connectivity index is 1.12. The second-order valence-corrected chi connectivity index (χ2v) is 12.8. The number of aryl methyl sites for hydroxylation is 1. The van der Waals surface area contributed by atoms with E-state index in [9.17, 15) is 0 Å². The minimum atomic E-state index is 0.965. The van der Waals surface area contributed by atoms with Gasteiger partial charge in [-0.15, -0.1) is 0 Å². The molecule has 3 aromatic heterocycles. The third kappa shape index (κ3) is 3.40. The molecule has 0 spiro atoms. The van der Waals surface area contributed by atoms with Crippen LogP contribution < -0.4 is 5.22 Å². The van der Waals surface area contributed by atoms with Gasteiger partial charge in [0.15, 0.2) is 0 Å². The van der Waals surface area contributed by atoms with E-state index in [4.69, 9.17) is 9.97 Å². The summed E-state index contributed by atoms with van der Waals surface area (Å²) in [5.74, 6) is 0. The number of hydrogen-bond acceptors (Lipinski definition) is 2. The molecule has 0 saturated heterocycles. The molecule has 11 rings (SSSR count). The smallest absolute Gasteiger partial charge is 0.146 e. The lowest BCUT2D eigenvalue weighted by Gasteiger charge is -2.21. The molecule has 7 aromatic carbocycles. The standard InChI is InChI=1S/C44H27N3/c1-2-13-36-28(11-1)30-12-3-4-20-40(30)47-41-24-21-27(25-39(41)46-44(36)47)37-18-8-19-38(45-37)29-22-23-35-33-15-6-10-26-9-5-14-32(42(26)33)34-17-7-16-31(29)43(34)35/h1-21,24-25H,22-23H2. The van der Waals surface area contributed by atoms with Crippen molar-refractivity contribution in [2.24, 2.45) is 0 Å². The summed E-state index contributed by atoms with van der Waals surface area (Å²) >= 11 is 0. The zero-order chi connectivity index (χ0) is 30.6. The third-order valence-electron chi connectivity index (χ3n) is 10.4. The van der Waals surface area contributed by atoms with Crippen LogP contribution in [0, 0.1) is 0 Å².